The minimum atomic E-state index is -4.71. The molecule has 0 spiro atoms. The van der Waals surface area contributed by atoms with Gasteiger partial charge in [0.1, 0.15) is 0 Å². The van der Waals surface area contributed by atoms with Gasteiger partial charge in [0.2, 0.25) is 10.0 Å². The molecule has 1 aliphatic rings. The van der Waals surface area contributed by atoms with E-state index in [9.17, 15) is 21.6 Å². The maximum atomic E-state index is 12.9. The van der Waals surface area contributed by atoms with Gasteiger partial charge in [0.25, 0.3) is 0 Å². The van der Waals surface area contributed by atoms with E-state index in [2.05, 4.69) is 4.72 Å². The Balaban J connectivity index is 2.21. The molecule has 0 bridgehead atoms. The standard InChI is InChI=1S/C14H18F3NO3S/c1-13(6-8-21-9-7-13)10-18-22(19,20)12-5-3-2-4-11(12)14(15,16)17/h2-5,18H,6-10H2,1H3. The van der Waals surface area contributed by atoms with E-state index in [1.165, 1.54) is 12.1 Å². The number of benzene rings is 1. The minimum Gasteiger partial charge on any atom is -0.381 e. The Labute approximate surface area is 127 Å². The van der Waals surface area contributed by atoms with Crippen LogP contribution in [-0.2, 0) is 20.9 Å². The van der Waals surface area contributed by atoms with Crippen LogP contribution in [0.15, 0.2) is 29.2 Å². The SMILES string of the molecule is CC1(CNS(=O)(=O)c2ccccc2C(F)(F)F)CCOCC1. The third-order valence-electron chi connectivity index (χ3n) is 3.87. The Bertz CT molecular complexity index is 622. The molecule has 0 aliphatic carbocycles. The molecule has 4 nitrogen and oxygen atoms in total. The lowest BCUT2D eigenvalue weighted by molar-refractivity contribution is -0.139. The molecule has 1 aromatic rings. The van der Waals surface area contributed by atoms with E-state index in [-0.39, 0.29) is 12.0 Å². The average molecular weight is 337 g/mol. The molecule has 1 aromatic carbocycles. The van der Waals surface area contributed by atoms with Crippen molar-refractivity contribution >= 4 is 10.0 Å². The van der Waals surface area contributed by atoms with Gasteiger partial charge in [-0.05, 0) is 30.4 Å². The molecule has 1 fully saturated rings. The first-order chi connectivity index (χ1) is 10.1. The zero-order chi connectivity index (χ0) is 16.4. The van der Waals surface area contributed by atoms with Gasteiger partial charge in [0, 0.05) is 19.8 Å². The van der Waals surface area contributed by atoms with Crippen molar-refractivity contribution in [3.63, 3.8) is 0 Å². The normalized spacial score (nSPS) is 19.1. The van der Waals surface area contributed by atoms with Crippen LogP contribution in [0.5, 0.6) is 0 Å². The molecule has 8 heteroatoms. The van der Waals surface area contributed by atoms with E-state index in [0.717, 1.165) is 12.1 Å². The monoisotopic (exact) mass is 337 g/mol. The van der Waals surface area contributed by atoms with Gasteiger partial charge in [-0.2, -0.15) is 13.2 Å². The van der Waals surface area contributed by atoms with Crippen LogP contribution in [-0.4, -0.2) is 28.2 Å². The van der Waals surface area contributed by atoms with Gasteiger partial charge in [-0.25, -0.2) is 13.1 Å². The van der Waals surface area contributed by atoms with Crippen LogP contribution in [0.4, 0.5) is 13.2 Å². The van der Waals surface area contributed by atoms with E-state index < -0.39 is 26.7 Å². The highest BCUT2D eigenvalue weighted by Crippen LogP contribution is 2.34. The summed E-state index contributed by atoms with van der Waals surface area (Å²) in [6, 6.07) is 4.18. The predicted molar refractivity (Wildman–Crippen MR) is 74.8 cm³/mol. The van der Waals surface area contributed by atoms with Gasteiger partial charge < -0.3 is 4.74 Å². The summed E-state index contributed by atoms with van der Waals surface area (Å²) < 4.78 is 70.8. The highest BCUT2D eigenvalue weighted by molar-refractivity contribution is 7.89. The molecule has 0 atom stereocenters. The van der Waals surface area contributed by atoms with Crippen molar-refractivity contribution in [3.05, 3.63) is 29.8 Å². The molecule has 1 N–H and O–H groups in total. The van der Waals surface area contributed by atoms with Crippen molar-refractivity contribution in [1.29, 1.82) is 0 Å². The zero-order valence-electron chi connectivity index (χ0n) is 12.1. The topological polar surface area (TPSA) is 55.4 Å². The molecule has 0 aromatic heterocycles. The van der Waals surface area contributed by atoms with E-state index in [4.69, 9.17) is 4.74 Å². The maximum Gasteiger partial charge on any atom is 0.417 e. The van der Waals surface area contributed by atoms with Gasteiger partial charge in [-0.3, -0.25) is 0 Å². The summed E-state index contributed by atoms with van der Waals surface area (Å²) in [5.74, 6) is 0. The van der Waals surface area contributed by atoms with E-state index in [0.29, 0.717) is 26.1 Å². The molecule has 0 amide bonds. The molecular weight excluding hydrogens is 319 g/mol. The molecule has 1 heterocycles. The molecule has 124 valence electrons. The number of ether oxygens (including phenoxy) is 1. The lowest BCUT2D eigenvalue weighted by Crippen LogP contribution is -2.39. The van der Waals surface area contributed by atoms with Crippen molar-refractivity contribution in [2.45, 2.75) is 30.8 Å². The zero-order valence-corrected chi connectivity index (χ0v) is 12.9. The molecule has 0 saturated carbocycles. The first kappa shape index (κ1) is 17.2. The summed E-state index contributed by atoms with van der Waals surface area (Å²) in [7, 11) is -4.22. The highest BCUT2D eigenvalue weighted by Gasteiger charge is 2.37. The third kappa shape index (κ3) is 3.99. The van der Waals surface area contributed by atoms with Crippen LogP contribution < -0.4 is 4.72 Å². The van der Waals surface area contributed by atoms with Crippen LogP contribution in [0.2, 0.25) is 0 Å². The predicted octanol–water partition coefficient (Wildman–Crippen LogP) is 2.80. The number of hydrogen-bond acceptors (Lipinski definition) is 3. The molecule has 1 aliphatic heterocycles. The average Bonchev–Trinajstić information content (AvgIpc) is 2.45. The molecule has 1 saturated heterocycles. The van der Waals surface area contributed by atoms with Crippen molar-refractivity contribution in [1.82, 2.24) is 4.72 Å². The summed E-state index contributed by atoms with van der Waals surface area (Å²) in [4.78, 5) is -0.738. The summed E-state index contributed by atoms with van der Waals surface area (Å²) >= 11 is 0. The largest absolute Gasteiger partial charge is 0.417 e. The fraction of sp³-hybridized carbons (Fsp3) is 0.571. The fourth-order valence-corrected chi connectivity index (χ4v) is 3.75. The van der Waals surface area contributed by atoms with Gasteiger partial charge in [-0.1, -0.05) is 19.1 Å². The smallest absolute Gasteiger partial charge is 0.381 e. The quantitative estimate of drug-likeness (QED) is 0.919. The van der Waals surface area contributed by atoms with Gasteiger partial charge in [0.15, 0.2) is 0 Å². The lowest BCUT2D eigenvalue weighted by Gasteiger charge is -2.33. The first-order valence-electron chi connectivity index (χ1n) is 6.88. The van der Waals surface area contributed by atoms with Crippen molar-refractivity contribution < 1.29 is 26.3 Å². The molecule has 0 unspecified atom stereocenters. The van der Waals surface area contributed by atoms with Crippen LogP contribution in [0.1, 0.15) is 25.3 Å². The van der Waals surface area contributed by atoms with Crippen molar-refractivity contribution in [2.24, 2.45) is 5.41 Å². The van der Waals surface area contributed by atoms with Crippen LogP contribution in [0, 0.1) is 5.41 Å². The summed E-state index contributed by atoms with van der Waals surface area (Å²) in [6.45, 7) is 3.04. The number of nitrogens with one attached hydrogen (secondary N) is 1. The fourth-order valence-electron chi connectivity index (χ4n) is 2.32. The van der Waals surface area contributed by atoms with E-state index >= 15 is 0 Å². The summed E-state index contributed by atoms with van der Waals surface area (Å²) in [5, 5.41) is 0. The summed E-state index contributed by atoms with van der Waals surface area (Å²) in [6.07, 6.45) is -3.39. The molecular formula is C14H18F3NO3S. The third-order valence-corrected chi connectivity index (χ3v) is 5.33. The van der Waals surface area contributed by atoms with Crippen LogP contribution in [0.25, 0.3) is 0 Å². The van der Waals surface area contributed by atoms with Crippen LogP contribution in [0.3, 0.4) is 0 Å². The number of alkyl halides is 3. The van der Waals surface area contributed by atoms with Crippen molar-refractivity contribution in [3.8, 4) is 0 Å². The molecule has 2 rings (SSSR count). The second-order valence-electron chi connectivity index (χ2n) is 5.74. The van der Waals surface area contributed by atoms with Crippen LogP contribution >= 0.6 is 0 Å². The highest BCUT2D eigenvalue weighted by atomic mass is 32.2. The summed E-state index contributed by atoms with van der Waals surface area (Å²) in [5.41, 5.74) is -1.46. The number of sulfonamides is 1. The first-order valence-corrected chi connectivity index (χ1v) is 8.36. The Morgan fingerprint density at radius 1 is 1.23 bits per heavy atom. The van der Waals surface area contributed by atoms with Gasteiger partial charge in [0.05, 0.1) is 10.5 Å². The van der Waals surface area contributed by atoms with Gasteiger partial charge >= 0.3 is 6.18 Å². The van der Waals surface area contributed by atoms with E-state index in [1.807, 2.05) is 6.92 Å². The number of rotatable bonds is 4. The second kappa shape index (κ2) is 6.17. The van der Waals surface area contributed by atoms with E-state index in [1.54, 1.807) is 0 Å². The Morgan fingerprint density at radius 3 is 2.41 bits per heavy atom. The Morgan fingerprint density at radius 2 is 1.82 bits per heavy atom. The maximum absolute atomic E-state index is 12.9. The second-order valence-corrected chi connectivity index (χ2v) is 7.48. The molecule has 0 radical (unpaired) electrons. The Kier molecular flexibility index (Phi) is 4.84. The Hall–Kier alpha value is -1.12. The van der Waals surface area contributed by atoms with Crippen molar-refractivity contribution in [2.75, 3.05) is 19.8 Å². The number of halogens is 3. The molecule has 22 heavy (non-hydrogen) atoms. The van der Waals surface area contributed by atoms with Gasteiger partial charge in [-0.15, -0.1) is 0 Å². The minimum absolute atomic E-state index is 0.0882. The lowest BCUT2D eigenvalue weighted by atomic mass is 9.83. The number of hydrogen-bond donors (Lipinski definition) is 1.